The molecule has 4 aromatic carbocycles. The second-order valence-electron chi connectivity index (χ2n) is 13.5. The third kappa shape index (κ3) is 23.4. The minimum absolute atomic E-state index is 0. The summed E-state index contributed by atoms with van der Waals surface area (Å²) < 4.78 is 38.1. The summed E-state index contributed by atoms with van der Waals surface area (Å²) in [4.78, 5) is 25.4. The molecule has 2 aromatic heterocycles. The molecule has 66 heavy (non-hydrogen) atoms. The standard InChI is InChI=1S/C36H26N2O2.C6H12N2.C4H10N3.4ClH.Cu.Ni.H2O4S/c39-35(29-7-3-1-4-8-29)31-11-15-33(16-12-31)37-23-19-27(20-24-37)28-21-25-38(26-22-28)34-17-13-32(14-18-34)36(40)30-9-5-2-6-10-30;7-5-3-1-2-4-6(5)8;5-1-3-7-4-2-6;;;;;;;1-5(2,3)4/h1-26H;5-8H,1-4H2;5-6H,1-4H2;4*1H;;;(H2,1,2,3,4)/q+2;-2;-3;;;;;+2;+3;/p-6/t;5-,6+;;;;;;;;. The van der Waals surface area contributed by atoms with Gasteiger partial charge in [0.15, 0.2) is 36.4 Å². The van der Waals surface area contributed by atoms with Gasteiger partial charge < -0.3 is 87.0 Å². The molecule has 0 bridgehead atoms. The summed E-state index contributed by atoms with van der Waals surface area (Å²) in [5, 5.41) is 3.83. The van der Waals surface area contributed by atoms with Gasteiger partial charge in [-0.2, -0.15) is 47.4 Å². The van der Waals surface area contributed by atoms with E-state index in [0.717, 1.165) is 35.3 Å². The zero-order valence-electron chi connectivity index (χ0n) is 35.2. The van der Waals surface area contributed by atoms with Crippen LogP contribution in [-0.2, 0) is 44.0 Å². The van der Waals surface area contributed by atoms with Gasteiger partial charge in [0.2, 0.25) is 11.4 Å². The van der Waals surface area contributed by atoms with E-state index in [-0.39, 0.29) is 107 Å². The van der Waals surface area contributed by atoms with Crippen LogP contribution in [0.4, 0.5) is 0 Å². The predicted molar refractivity (Wildman–Crippen MR) is 231 cm³/mol. The number of halogens is 4. The van der Waals surface area contributed by atoms with Crippen LogP contribution in [0.5, 0.6) is 0 Å². The number of hydrogen-bond donors (Lipinski definition) is 0. The minimum atomic E-state index is -5.17. The molecule has 2 radical (unpaired) electrons. The van der Waals surface area contributed by atoms with Crippen LogP contribution in [0.2, 0.25) is 0 Å². The van der Waals surface area contributed by atoms with E-state index in [1.807, 2.05) is 143 Å². The molecule has 0 spiro atoms. The molecular formula is C46H48Cl4CuN7NiO6S-4. The number of hydrogen-bond acceptors (Lipinski definition) is 6. The monoisotopic (exact) mass is 1090 g/mol. The van der Waals surface area contributed by atoms with E-state index < -0.39 is 10.4 Å². The Bertz CT molecular complexity index is 2180. The molecule has 1 saturated carbocycles. The first-order valence-electron chi connectivity index (χ1n) is 19.3. The Morgan fingerprint density at radius 2 is 0.803 bits per heavy atom. The van der Waals surface area contributed by atoms with Gasteiger partial charge in [-0.15, -0.1) is 0 Å². The molecule has 1 fully saturated rings. The molecular weight excluding hydrogens is 1040 g/mol. The van der Waals surface area contributed by atoms with E-state index in [2.05, 4.69) is 29.6 Å². The molecule has 6 aromatic rings. The summed E-state index contributed by atoms with van der Waals surface area (Å²) in [6.07, 6.45) is 12.3. The average molecular weight is 1090 g/mol. The van der Waals surface area contributed by atoms with Gasteiger partial charge in [-0.1, -0.05) is 86.3 Å². The summed E-state index contributed by atoms with van der Waals surface area (Å²) in [6.45, 7) is 1.91. The first-order chi connectivity index (χ1) is 28.9. The van der Waals surface area contributed by atoms with Gasteiger partial charge >= 0.3 is 33.6 Å². The Balaban J connectivity index is -0.00000128. The average Bonchev–Trinajstić information content (AvgIpc) is 3.28. The normalized spacial score (nSPS) is 13.2. The van der Waals surface area contributed by atoms with Crippen molar-refractivity contribution in [1.82, 2.24) is 0 Å². The molecule has 20 heteroatoms. The SMILES string of the molecule is O=C(c1ccccc1)c1ccc(-[n+]2ccc(-c3cc[n+](-c4ccc(C(=O)c5ccccc5)cc4)cc3)cc2)cc1.O=S(=O)([O-])[O-].[Cl-].[Cl-].[Cl-].[Cl-].[Cu+2].[NH-]CC[N-]CC[NH-].[NH-][C@@H]1CCCC[C@@H]1[NH-].[Ni+3]. The third-order valence-corrected chi connectivity index (χ3v) is 9.23. The van der Waals surface area contributed by atoms with Crippen LogP contribution in [-0.4, -0.2) is 67.4 Å². The van der Waals surface area contributed by atoms with Gasteiger partial charge in [0.05, 0.1) is 0 Å². The molecule has 4 N–H and O–H groups in total. The Kier molecular flexibility index (Phi) is 35.8. The quantitative estimate of drug-likeness (QED) is 0.0326. The fraction of sp³-hybridized carbons (Fsp3) is 0.217. The van der Waals surface area contributed by atoms with Crippen molar-refractivity contribution in [3.8, 4) is 22.5 Å². The number of carbonyl (C=O) groups excluding carboxylic acids is 2. The Labute approximate surface area is 433 Å². The van der Waals surface area contributed by atoms with Gasteiger partial charge in [-0.25, -0.2) is 0 Å². The molecule has 1 aliphatic carbocycles. The Morgan fingerprint density at radius 3 is 1.06 bits per heavy atom. The minimum Gasteiger partial charge on any atom is -1.00 e. The number of benzene rings is 4. The summed E-state index contributed by atoms with van der Waals surface area (Å²) >= 11 is 0. The van der Waals surface area contributed by atoms with Gasteiger partial charge in [-0.3, -0.25) is 18.0 Å². The molecule has 2 atom stereocenters. The van der Waals surface area contributed by atoms with E-state index in [1.165, 1.54) is 12.8 Å². The fourth-order valence-corrected chi connectivity index (χ4v) is 6.07. The van der Waals surface area contributed by atoms with Crippen molar-refractivity contribution in [1.29, 1.82) is 0 Å². The van der Waals surface area contributed by atoms with Crippen LogP contribution in [0, 0.1) is 0 Å². The predicted octanol–water partition coefficient (Wildman–Crippen LogP) is -3.09. The Hall–Kier alpha value is -3.64. The maximum atomic E-state index is 12.7. The van der Waals surface area contributed by atoms with Crippen molar-refractivity contribution in [3.05, 3.63) is 209 Å². The third-order valence-electron chi connectivity index (χ3n) is 9.23. The van der Waals surface area contributed by atoms with Gasteiger partial charge in [0.25, 0.3) is 0 Å². The molecule has 7 rings (SSSR count). The molecule has 1 aliphatic rings. The van der Waals surface area contributed by atoms with Crippen molar-refractivity contribution in [2.45, 2.75) is 37.8 Å². The van der Waals surface area contributed by atoms with Crippen LogP contribution >= 0.6 is 0 Å². The number of nitrogens with one attached hydrogen (secondary N) is 4. The summed E-state index contributed by atoms with van der Waals surface area (Å²) in [5.74, 6) is 0.0378. The van der Waals surface area contributed by atoms with E-state index in [1.54, 1.807) is 0 Å². The van der Waals surface area contributed by atoms with Crippen LogP contribution in [0.3, 0.4) is 0 Å². The second-order valence-corrected chi connectivity index (χ2v) is 14.4. The number of rotatable bonds is 11. The molecule has 0 amide bonds. The maximum Gasteiger partial charge on any atom is 3.00 e. The van der Waals surface area contributed by atoms with E-state index in [9.17, 15) is 9.59 Å². The number of carbonyl (C=O) groups is 2. The van der Waals surface area contributed by atoms with Crippen molar-refractivity contribution in [2.75, 3.05) is 26.2 Å². The first-order valence-corrected chi connectivity index (χ1v) is 20.7. The summed E-state index contributed by atoms with van der Waals surface area (Å²) in [5.41, 5.74) is 34.7. The summed E-state index contributed by atoms with van der Waals surface area (Å²) in [7, 11) is -5.17. The van der Waals surface area contributed by atoms with Crippen LogP contribution < -0.4 is 58.8 Å². The number of aromatic nitrogens is 2. The van der Waals surface area contributed by atoms with Crippen molar-refractivity contribution in [2.24, 2.45) is 0 Å². The van der Waals surface area contributed by atoms with E-state index >= 15 is 0 Å². The zero-order valence-corrected chi connectivity index (χ0v) is 40.9. The van der Waals surface area contributed by atoms with E-state index in [4.69, 9.17) is 40.5 Å². The molecule has 0 unspecified atom stereocenters. The Morgan fingerprint density at radius 1 is 0.530 bits per heavy atom. The maximum absolute atomic E-state index is 12.7. The van der Waals surface area contributed by atoms with Gasteiger partial charge in [0.1, 0.15) is 0 Å². The number of nitrogens with zero attached hydrogens (tertiary/aromatic N) is 3. The molecule has 362 valence electrons. The summed E-state index contributed by atoms with van der Waals surface area (Å²) in [6, 6.07) is 42.1. The number of pyridine rings is 2. The van der Waals surface area contributed by atoms with Gasteiger partial charge in [0, 0.05) is 81.2 Å². The van der Waals surface area contributed by atoms with Crippen LogP contribution in [0.25, 0.3) is 50.8 Å². The van der Waals surface area contributed by atoms with Crippen LogP contribution in [0.15, 0.2) is 158 Å². The molecule has 2 heterocycles. The second kappa shape index (κ2) is 35.5. The molecule has 0 aliphatic heterocycles. The number of ketones is 2. The van der Waals surface area contributed by atoms with Crippen molar-refractivity contribution >= 4 is 22.0 Å². The van der Waals surface area contributed by atoms with Crippen LogP contribution in [0.1, 0.15) is 57.5 Å². The van der Waals surface area contributed by atoms with Crippen molar-refractivity contribution < 1.29 is 119 Å². The largest absolute Gasteiger partial charge is 3.00 e. The van der Waals surface area contributed by atoms with E-state index in [0.29, 0.717) is 48.4 Å². The molecule has 0 saturated heterocycles. The topological polar surface area (TPSA) is 231 Å². The van der Waals surface area contributed by atoms with Crippen molar-refractivity contribution in [3.63, 3.8) is 0 Å². The molecule has 13 nitrogen and oxygen atoms in total. The zero-order chi connectivity index (χ0) is 43.3. The van der Waals surface area contributed by atoms with Gasteiger partial charge in [-0.05, 0) is 35.4 Å². The fourth-order valence-electron chi connectivity index (χ4n) is 6.07. The first kappa shape index (κ1) is 66.6. The smallest absolute Gasteiger partial charge is 1.00 e.